The van der Waals surface area contributed by atoms with Gasteiger partial charge in [-0.2, -0.15) is 0 Å². The fourth-order valence-corrected chi connectivity index (χ4v) is 0.250. The van der Waals surface area contributed by atoms with Crippen LogP contribution in [0.25, 0.3) is 0 Å². The van der Waals surface area contributed by atoms with E-state index in [4.69, 9.17) is 17.2 Å². The minimum Gasteiger partial charge on any atom is -0.380 e. The van der Waals surface area contributed by atoms with Crippen molar-refractivity contribution in [3.8, 4) is 0 Å². The van der Waals surface area contributed by atoms with E-state index in [1.165, 1.54) is 7.11 Å². The Morgan fingerprint density at radius 1 is 1.43 bits per heavy atom. The molecule has 0 aliphatic heterocycles. The second kappa shape index (κ2) is 2.23. The van der Waals surface area contributed by atoms with Crippen molar-refractivity contribution in [2.75, 3.05) is 13.7 Å². The number of hydrogen-bond acceptors (Lipinski definition) is 4. The van der Waals surface area contributed by atoms with Gasteiger partial charge in [-0.1, -0.05) is 0 Å². The summed E-state index contributed by atoms with van der Waals surface area (Å²) in [6, 6.07) is 0. The van der Waals surface area contributed by atoms with E-state index >= 15 is 0 Å². The Bertz CT molecular complexity index is 48.6. The fourth-order valence-electron chi connectivity index (χ4n) is 0.250. The van der Waals surface area contributed by atoms with Crippen LogP contribution in [-0.2, 0) is 4.74 Å². The Hall–Kier alpha value is -0.160. The van der Waals surface area contributed by atoms with Crippen molar-refractivity contribution in [2.45, 2.75) is 5.79 Å². The van der Waals surface area contributed by atoms with Crippen LogP contribution in [0.5, 0.6) is 0 Å². The molecule has 0 saturated heterocycles. The molecular weight excluding hydrogens is 94.1 g/mol. The predicted molar refractivity (Wildman–Crippen MR) is 27.2 cm³/mol. The molecule has 0 atom stereocenters. The minimum absolute atomic E-state index is 0.174. The van der Waals surface area contributed by atoms with Gasteiger partial charge < -0.3 is 4.74 Å². The van der Waals surface area contributed by atoms with Crippen molar-refractivity contribution in [3.05, 3.63) is 0 Å². The van der Waals surface area contributed by atoms with Crippen LogP contribution in [0.3, 0.4) is 0 Å². The molecule has 0 amide bonds. The van der Waals surface area contributed by atoms with Crippen LogP contribution in [0.1, 0.15) is 0 Å². The summed E-state index contributed by atoms with van der Waals surface area (Å²) >= 11 is 0. The summed E-state index contributed by atoms with van der Waals surface area (Å²) in [6.07, 6.45) is 0. The molecule has 0 aliphatic rings. The maximum atomic E-state index is 5.08. The van der Waals surface area contributed by atoms with E-state index in [-0.39, 0.29) is 6.61 Å². The molecule has 0 aliphatic carbocycles. The van der Waals surface area contributed by atoms with Gasteiger partial charge in [-0.05, 0) is 0 Å². The van der Waals surface area contributed by atoms with Gasteiger partial charge in [-0.3, -0.25) is 17.2 Å². The summed E-state index contributed by atoms with van der Waals surface area (Å²) in [6.45, 7) is 0.174. The Morgan fingerprint density at radius 3 is 1.86 bits per heavy atom. The average Bonchev–Trinajstić information content (AvgIpc) is 1.30. The Labute approximate surface area is 42.6 Å². The van der Waals surface area contributed by atoms with Crippen molar-refractivity contribution in [1.29, 1.82) is 0 Å². The van der Waals surface area contributed by atoms with Gasteiger partial charge in [0.15, 0.2) is 0 Å². The molecule has 0 aromatic heterocycles. The lowest BCUT2D eigenvalue weighted by atomic mass is 10.4. The first-order valence-corrected chi connectivity index (χ1v) is 1.92. The van der Waals surface area contributed by atoms with Crippen LogP contribution in [0, 0.1) is 0 Å². The van der Waals surface area contributed by atoms with Crippen molar-refractivity contribution >= 4 is 0 Å². The first-order valence-electron chi connectivity index (χ1n) is 1.92. The third-order valence-corrected chi connectivity index (χ3v) is 0.394. The molecule has 0 spiro atoms. The van der Waals surface area contributed by atoms with Gasteiger partial charge in [-0.15, -0.1) is 0 Å². The molecule has 0 radical (unpaired) electrons. The zero-order chi connectivity index (χ0) is 5.91. The van der Waals surface area contributed by atoms with Gasteiger partial charge in [0.2, 0.25) is 0 Å². The number of hydrogen-bond donors (Lipinski definition) is 3. The molecule has 6 N–H and O–H groups in total. The number of methoxy groups -OCH3 is 1. The highest BCUT2D eigenvalue weighted by atomic mass is 16.5. The van der Waals surface area contributed by atoms with Crippen LogP contribution in [-0.4, -0.2) is 19.5 Å². The van der Waals surface area contributed by atoms with Crippen molar-refractivity contribution < 1.29 is 4.74 Å². The van der Waals surface area contributed by atoms with E-state index in [1.807, 2.05) is 0 Å². The van der Waals surface area contributed by atoms with Gasteiger partial charge >= 0.3 is 0 Å². The molecule has 0 bridgehead atoms. The Kier molecular flexibility index (Phi) is 2.17. The molecule has 0 aromatic carbocycles. The zero-order valence-electron chi connectivity index (χ0n) is 4.35. The Morgan fingerprint density at radius 2 is 1.86 bits per heavy atom. The molecule has 0 unspecified atom stereocenters. The molecular formula is C3H11N3O. The topological polar surface area (TPSA) is 87.3 Å². The van der Waals surface area contributed by atoms with E-state index in [9.17, 15) is 0 Å². The van der Waals surface area contributed by atoms with Crippen LogP contribution in [0.2, 0.25) is 0 Å². The predicted octanol–water partition coefficient (Wildman–Crippen LogP) is -1.84. The van der Waals surface area contributed by atoms with Crippen LogP contribution >= 0.6 is 0 Å². The van der Waals surface area contributed by atoms with E-state index in [0.29, 0.717) is 0 Å². The van der Waals surface area contributed by atoms with Gasteiger partial charge in [0, 0.05) is 7.11 Å². The first kappa shape index (κ1) is 6.84. The van der Waals surface area contributed by atoms with Gasteiger partial charge in [0.1, 0.15) is 5.79 Å². The van der Waals surface area contributed by atoms with Crippen molar-refractivity contribution in [3.63, 3.8) is 0 Å². The lowest BCUT2D eigenvalue weighted by Crippen LogP contribution is -2.61. The van der Waals surface area contributed by atoms with Crippen molar-refractivity contribution in [1.82, 2.24) is 0 Å². The molecule has 0 aromatic rings. The summed E-state index contributed by atoms with van der Waals surface area (Å²) in [5.74, 6) is -1.17. The normalized spacial score (nSPS) is 12.0. The standard InChI is InChI=1S/C3H11N3O/c1-7-2-3(4,5)6/h2,4-6H2,1H3. The summed E-state index contributed by atoms with van der Waals surface area (Å²) in [5.41, 5.74) is 15.2. The quantitative estimate of drug-likeness (QED) is 0.360. The van der Waals surface area contributed by atoms with E-state index < -0.39 is 5.79 Å². The number of rotatable bonds is 2. The third kappa shape index (κ3) is 5.84. The molecule has 0 saturated carbocycles. The molecule has 44 valence electrons. The second-order valence-electron chi connectivity index (χ2n) is 1.55. The highest BCUT2D eigenvalue weighted by molar-refractivity contribution is 4.64. The lowest BCUT2D eigenvalue weighted by Gasteiger charge is -2.15. The monoisotopic (exact) mass is 105 g/mol. The molecule has 0 fully saturated rings. The summed E-state index contributed by atoms with van der Waals surface area (Å²) < 4.78 is 4.53. The van der Waals surface area contributed by atoms with Crippen LogP contribution in [0.15, 0.2) is 0 Å². The molecule has 4 heteroatoms. The summed E-state index contributed by atoms with van der Waals surface area (Å²) in [5, 5.41) is 0. The van der Waals surface area contributed by atoms with Crippen LogP contribution in [0.4, 0.5) is 0 Å². The largest absolute Gasteiger partial charge is 0.380 e. The minimum atomic E-state index is -1.17. The highest BCUT2D eigenvalue weighted by Crippen LogP contribution is 1.74. The molecule has 0 rings (SSSR count). The van der Waals surface area contributed by atoms with Gasteiger partial charge in [0.25, 0.3) is 0 Å². The SMILES string of the molecule is COCC(N)(N)N. The Balaban J connectivity index is 3.15. The maximum absolute atomic E-state index is 5.08. The maximum Gasteiger partial charge on any atom is 0.140 e. The second-order valence-corrected chi connectivity index (χ2v) is 1.55. The first-order chi connectivity index (χ1) is 3.06. The average molecular weight is 105 g/mol. The smallest absolute Gasteiger partial charge is 0.140 e. The van der Waals surface area contributed by atoms with E-state index in [0.717, 1.165) is 0 Å². The van der Waals surface area contributed by atoms with E-state index in [2.05, 4.69) is 4.74 Å². The van der Waals surface area contributed by atoms with Gasteiger partial charge in [-0.25, -0.2) is 0 Å². The summed E-state index contributed by atoms with van der Waals surface area (Å²) in [7, 11) is 1.49. The van der Waals surface area contributed by atoms with Gasteiger partial charge in [0.05, 0.1) is 6.61 Å². The zero-order valence-corrected chi connectivity index (χ0v) is 4.35. The molecule has 0 heterocycles. The highest BCUT2D eigenvalue weighted by Gasteiger charge is 2.08. The molecule has 7 heavy (non-hydrogen) atoms. The van der Waals surface area contributed by atoms with E-state index in [1.54, 1.807) is 0 Å². The summed E-state index contributed by atoms with van der Waals surface area (Å²) in [4.78, 5) is 0. The van der Waals surface area contributed by atoms with Crippen molar-refractivity contribution in [2.24, 2.45) is 17.2 Å². The lowest BCUT2D eigenvalue weighted by molar-refractivity contribution is 0.138. The number of nitrogens with two attached hydrogens (primary N) is 3. The molecule has 4 nitrogen and oxygen atoms in total. The van der Waals surface area contributed by atoms with Crippen LogP contribution < -0.4 is 17.2 Å². The number of ether oxygens (including phenoxy) is 1. The third-order valence-electron chi connectivity index (χ3n) is 0.394. The fraction of sp³-hybridized carbons (Fsp3) is 1.00.